The van der Waals surface area contributed by atoms with Crippen LogP contribution in [0.15, 0.2) is 47.0 Å². The molecule has 2 aromatic heterocycles. The lowest BCUT2D eigenvalue weighted by Crippen LogP contribution is -2.24. The van der Waals surface area contributed by atoms with Crippen LogP contribution >= 0.6 is 0 Å². The number of hydrogen-bond donors (Lipinski definition) is 1. The van der Waals surface area contributed by atoms with E-state index in [9.17, 15) is 13.6 Å². The molecule has 1 aliphatic heterocycles. The third-order valence-electron chi connectivity index (χ3n) is 4.76. The van der Waals surface area contributed by atoms with Gasteiger partial charge in [-0.3, -0.25) is 9.89 Å². The molecule has 1 unspecified atom stereocenters. The second-order valence-electron chi connectivity index (χ2n) is 6.61. The fourth-order valence-electron chi connectivity index (χ4n) is 3.45. The fourth-order valence-corrected chi connectivity index (χ4v) is 3.45. The first-order chi connectivity index (χ1) is 13.6. The Bertz CT molecular complexity index is 1180. The summed E-state index contributed by atoms with van der Waals surface area (Å²) in [6.45, 7) is 0.210. The summed E-state index contributed by atoms with van der Waals surface area (Å²) in [5, 5.41) is 12.0. The Hall–Kier alpha value is -3.62. The van der Waals surface area contributed by atoms with Crippen LogP contribution in [0.3, 0.4) is 0 Å². The third-order valence-corrected chi connectivity index (χ3v) is 4.76. The lowest BCUT2D eigenvalue weighted by molar-refractivity contribution is -0.117. The predicted octanol–water partition coefficient (Wildman–Crippen LogP) is 3.41. The lowest BCUT2D eigenvalue weighted by Gasteiger charge is -2.16. The maximum Gasteiger partial charge on any atom is 0.279 e. The van der Waals surface area contributed by atoms with Crippen LogP contribution in [0.25, 0.3) is 22.5 Å². The van der Waals surface area contributed by atoms with Gasteiger partial charge in [-0.25, -0.2) is 8.78 Å². The molecule has 0 bridgehead atoms. The fraction of sp³-hybridized carbons (Fsp3) is 0.158. The van der Waals surface area contributed by atoms with Crippen molar-refractivity contribution in [3.8, 4) is 11.6 Å². The van der Waals surface area contributed by atoms with Crippen LogP contribution in [0.4, 0.5) is 14.5 Å². The Morgan fingerprint density at radius 2 is 1.93 bits per heavy atom. The summed E-state index contributed by atoms with van der Waals surface area (Å²) in [5.41, 5.74) is 1.54. The Balaban J connectivity index is 1.43. The second kappa shape index (κ2) is 6.22. The van der Waals surface area contributed by atoms with Crippen LogP contribution < -0.4 is 4.90 Å². The number of anilines is 1. The molecule has 9 heteroatoms. The molecular formula is C19H13F2N5O2. The van der Waals surface area contributed by atoms with Crippen molar-refractivity contribution in [2.24, 2.45) is 0 Å². The van der Waals surface area contributed by atoms with Crippen LogP contribution in [-0.2, 0) is 4.79 Å². The van der Waals surface area contributed by atoms with Crippen LogP contribution in [0.1, 0.15) is 18.2 Å². The summed E-state index contributed by atoms with van der Waals surface area (Å²) in [5.74, 6) is -1.48. The molecule has 0 radical (unpaired) electrons. The minimum Gasteiger partial charge on any atom is -0.332 e. The number of benzene rings is 2. The molecule has 0 spiro atoms. The van der Waals surface area contributed by atoms with Crippen molar-refractivity contribution in [2.45, 2.75) is 12.3 Å². The first-order valence-electron chi connectivity index (χ1n) is 8.62. The second-order valence-corrected chi connectivity index (χ2v) is 6.61. The molecule has 28 heavy (non-hydrogen) atoms. The van der Waals surface area contributed by atoms with Gasteiger partial charge < -0.3 is 9.42 Å². The van der Waals surface area contributed by atoms with Crippen LogP contribution in [0.2, 0.25) is 0 Å². The van der Waals surface area contributed by atoms with Crippen LogP contribution in [-0.4, -0.2) is 32.8 Å². The molecular weight excluding hydrogens is 368 g/mol. The van der Waals surface area contributed by atoms with E-state index in [2.05, 4.69) is 20.3 Å². The maximum atomic E-state index is 13.5. The number of carbonyl (C=O) groups is 1. The highest BCUT2D eigenvalue weighted by molar-refractivity contribution is 5.96. The number of amides is 1. The molecule has 1 fully saturated rings. The topological polar surface area (TPSA) is 87.9 Å². The molecule has 5 rings (SSSR count). The average Bonchev–Trinajstić information content (AvgIpc) is 3.38. The van der Waals surface area contributed by atoms with E-state index in [4.69, 9.17) is 4.52 Å². The van der Waals surface area contributed by atoms with Crippen molar-refractivity contribution in [3.63, 3.8) is 0 Å². The summed E-state index contributed by atoms with van der Waals surface area (Å²) < 4.78 is 32.3. The van der Waals surface area contributed by atoms with E-state index in [1.54, 1.807) is 0 Å². The van der Waals surface area contributed by atoms with Gasteiger partial charge in [0, 0.05) is 36.0 Å². The molecule has 1 atom stereocenters. The molecule has 0 aliphatic carbocycles. The minimum atomic E-state index is -0.737. The number of rotatable bonds is 3. The van der Waals surface area contributed by atoms with E-state index in [-0.39, 0.29) is 36.4 Å². The number of nitrogens with one attached hydrogen (secondary N) is 1. The highest BCUT2D eigenvalue weighted by Crippen LogP contribution is 2.33. The number of H-pyrrole nitrogens is 1. The summed E-state index contributed by atoms with van der Waals surface area (Å²) >= 11 is 0. The van der Waals surface area contributed by atoms with Gasteiger partial charge >= 0.3 is 0 Å². The number of para-hydroxylation sites is 1. The molecule has 1 saturated heterocycles. The van der Waals surface area contributed by atoms with Crippen LogP contribution in [0, 0.1) is 11.6 Å². The molecule has 1 amide bonds. The highest BCUT2D eigenvalue weighted by Gasteiger charge is 2.35. The van der Waals surface area contributed by atoms with E-state index in [1.807, 2.05) is 24.3 Å². The number of hydrogen-bond acceptors (Lipinski definition) is 5. The molecule has 4 aromatic rings. The Morgan fingerprint density at radius 1 is 1.14 bits per heavy atom. The van der Waals surface area contributed by atoms with E-state index in [0.29, 0.717) is 11.5 Å². The number of aromatic nitrogens is 4. The average molecular weight is 381 g/mol. The van der Waals surface area contributed by atoms with Crippen molar-refractivity contribution < 1.29 is 18.1 Å². The largest absolute Gasteiger partial charge is 0.332 e. The molecule has 0 saturated carbocycles. The third kappa shape index (κ3) is 2.72. The normalized spacial score (nSPS) is 17.0. The molecule has 2 aromatic carbocycles. The van der Waals surface area contributed by atoms with Crippen molar-refractivity contribution in [1.29, 1.82) is 0 Å². The van der Waals surface area contributed by atoms with Crippen molar-refractivity contribution in [2.75, 3.05) is 11.4 Å². The zero-order chi connectivity index (χ0) is 19.3. The molecule has 7 nitrogen and oxygen atoms in total. The molecule has 3 heterocycles. The van der Waals surface area contributed by atoms with Crippen molar-refractivity contribution >= 4 is 22.5 Å². The van der Waals surface area contributed by atoms with E-state index in [1.165, 1.54) is 4.90 Å². The van der Waals surface area contributed by atoms with Gasteiger partial charge in [-0.2, -0.15) is 10.1 Å². The molecule has 140 valence electrons. The standard InChI is InChI=1S/C19H13F2N5O2/c20-11-6-12(21)8-13(7-11)26-9-10(5-16(26)27)18-22-19(28-25-18)17-14-3-1-2-4-15(14)23-24-17/h1-4,6-8,10H,5,9H2,(H,23,24). The van der Waals surface area contributed by atoms with E-state index >= 15 is 0 Å². The van der Waals surface area contributed by atoms with E-state index in [0.717, 1.165) is 29.1 Å². The summed E-state index contributed by atoms with van der Waals surface area (Å²) in [6.07, 6.45) is 0.123. The van der Waals surface area contributed by atoms with Gasteiger partial charge in [0.2, 0.25) is 5.91 Å². The summed E-state index contributed by atoms with van der Waals surface area (Å²) in [4.78, 5) is 18.1. The predicted molar refractivity (Wildman–Crippen MR) is 95.5 cm³/mol. The zero-order valence-corrected chi connectivity index (χ0v) is 14.4. The SMILES string of the molecule is O=C1CC(c2noc(-c3n[nH]c4ccccc34)n2)CN1c1cc(F)cc(F)c1. The summed E-state index contributed by atoms with van der Waals surface area (Å²) in [7, 11) is 0. The Labute approximate surface area is 157 Å². The number of halogens is 2. The monoisotopic (exact) mass is 381 g/mol. The van der Waals surface area contributed by atoms with Crippen molar-refractivity contribution in [1.82, 2.24) is 20.3 Å². The minimum absolute atomic E-state index is 0.123. The molecule has 1 N–H and O–H groups in total. The van der Waals surface area contributed by atoms with Crippen LogP contribution in [0.5, 0.6) is 0 Å². The number of carbonyl (C=O) groups excluding carboxylic acids is 1. The van der Waals surface area contributed by atoms with Gasteiger partial charge in [-0.05, 0) is 18.2 Å². The Morgan fingerprint density at radius 3 is 2.75 bits per heavy atom. The first-order valence-corrected chi connectivity index (χ1v) is 8.62. The van der Waals surface area contributed by atoms with Gasteiger partial charge in [0.1, 0.15) is 11.6 Å². The van der Waals surface area contributed by atoms with E-state index < -0.39 is 11.6 Å². The van der Waals surface area contributed by atoms with Gasteiger partial charge in [-0.1, -0.05) is 23.4 Å². The number of nitrogens with zero attached hydrogens (tertiary/aromatic N) is 4. The quantitative estimate of drug-likeness (QED) is 0.588. The Kier molecular flexibility index (Phi) is 3.68. The van der Waals surface area contributed by atoms with Crippen molar-refractivity contribution in [3.05, 3.63) is 59.9 Å². The number of fused-ring (bicyclic) bond motifs is 1. The molecule has 1 aliphatic rings. The van der Waals surface area contributed by atoms with Gasteiger partial charge in [0.15, 0.2) is 11.5 Å². The van der Waals surface area contributed by atoms with Gasteiger partial charge in [0.05, 0.1) is 5.52 Å². The maximum absolute atomic E-state index is 13.5. The van der Waals surface area contributed by atoms with Gasteiger partial charge in [-0.15, -0.1) is 0 Å². The number of aromatic amines is 1. The first kappa shape index (κ1) is 16.5. The lowest BCUT2D eigenvalue weighted by atomic mass is 10.1. The zero-order valence-electron chi connectivity index (χ0n) is 14.4. The van der Waals surface area contributed by atoms with Gasteiger partial charge in [0.25, 0.3) is 5.89 Å². The highest BCUT2D eigenvalue weighted by atomic mass is 19.1. The summed E-state index contributed by atoms with van der Waals surface area (Å²) in [6, 6.07) is 10.6. The smallest absolute Gasteiger partial charge is 0.279 e.